The van der Waals surface area contributed by atoms with Crippen LogP contribution in [0.15, 0.2) is 18.2 Å². The second-order valence-corrected chi connectivity index (χ2v) is 8.90. The molecule has 2 aromatic rings. The fourth-order valence-electron chi connectivity index (χ4n) is 3.76. The SMILES string of the molecule is Cc1ccc(-c2nc(C)c(C(=O)N3CCN(C(C#N)C(C)C)CC3)s2)c(C)c1. The van der Waals surface area contributed by atoms with Crippen molar-refractivity contribution in [3.05, 3.63) is 39.9 Å². The zero-order valence-electron chi connectivity index (χ0n) is 17.3. The van der Waals surface area contributed by atoms with Crippen molar-refractivity contribution in [3.63, 3.8) is 0 Å². The number of benzene rings is 1. The largest absolute Gasteiger partial charge is 0.335 e. The van der Waals surface area contributed by atoms with Crippen LogP contribution < -0.4 is 0 Å². The van der Waals surface area contributed by atoms with Crippen molar-refractivity contribution < 1.29 is 4.79 Å². The van der Waals surface area contributed by atoms with Gasteiger partial charge >= 0.3 is 0 Å². The lowest BCUT2D eigenvalue weighted by Crippen LogP contribution is -2.52. The molecule has 0 N–H and O–H groups in total. The van der Waals surface area contributed by atoms with E-state index in [0.717, 1.165) is 34.2 Å². The van der Waals surface area contributed by atoms with Gasteiger partial charge in [0.05, 0.1) is 11.8 Å². The predicted molar refractivity (Wildman–Crippen MR) is 113 cm³/mol. The number of carbonyl (C=O) groups is 1. The first-order valence-electron chi connectivity index (χ1n) is 9.79. The number of amides is 1. The van der Waals surface area contributed by atoms with Crippen LogP contribution >= 0.6 is 11.3 Å². The Balaban J connectivity index is 1.74. The zero-order valence-corrected chi connectivity index (χ0v) is 18.1. The second-order valence-electron chi connectivity index (χ2n) is 7.90. The molecule has 148 valence electrons. The molecule has 6 heteroatoms. The molecule has 0 spiro atoms. The highest BCUT2D eigenvalue weighted by molar-refractivity contribution is 7.17. The first-order chi connectivity index (χ1) is 13.3. The van der Waals surface area contributed by atoms with Gasteiger partial charge in [-0.25, -0.2) is 4.98 Å². The van der Waals surface area contributed by atoms with Gasteiger partial charge in [0.2, 0.25) is 0 Å². The van der Waals surface area contributed by atoms with E-state index in [1.54, 1.807) is 0 Å². The molecule has 2 heterocycles. The molecule has 0 radical (unpaired) electrons. The molecule has 1 saturated heterocycles. The minimum atomic E-state index is -0.0847. The molecule has 1 fully saturated rings. The van der Waals surface area contributed by atoms with E-state index < -0.39 is 0 Å². The number of thiazole rings is 1. The van der Waals surface area contributed by atoms with E-state index in [1.165, 1.54) is 22.5 Å². The summed E-state index contributed by atoms with van der Waals surface area (Å²) in [5.74, 6) is 0.347. The normalized spacial score (nSPS) is 16.2. The average molecular weight is 397 g/mol. The fourth-order valence-corrected chi connectivity index (χ4v) is 4.89. The number of piperazine rings is 1. The minimum absolute atomic E-state index is 0.0590. The van der Waals surface area contributed by atoms with Crippen LogP contribution in [0.25, 0.3) is 10.6 Å². The van der Waals surface area contributed by atoms with Crippen molar-refractivity contribution in [2.75, 3.05) is 26.2 Å². The van der Waals surface area contributed by atoms with E-state index >= 15 is 0 Å². The third kappa shape index (κ3) is 4.11. The van der Waals surface area contributed by atoms with Gasteiger partial charge in [-0.05, 0) is 32.3 Å². The van der Waals surface area contributed by atoms with Crippen LogP contribution in [0, 0.1) is 38.0 Å². The van der Waals surface area contributed by atoms with Crippen LogP contribution in [0.1, 0.15) is 40.3 Å². The molecular weight excluding hydrogens is 368 g/mol. The molecule has 1 atom stereocenters. The number of hydrogen-bond donors (Lipinski definition) is 0. The first-order valence-corrected chi connectivity index (χ1v) is 10.6. The third-order valence-electron chi connectivity index (χ3n) is 5.36. The van der Waals surface area contributed by atoms with E-state index in [0.29, 0.717) is 13.1 Å². The van der Waals surface area contributed by atoms with Crippen LogP contribution in [-0.4, -0.2) is 52.9 Å². The number of aryl methyl sites for hydroxylation is 3. The van der Waals surface area contributed by atoms with E-state index in [4.69, 9.17) is 0 Å². The van der Waals surface area contributed by atoms with Crippen molar-refractivity contribution >= 4 is 17.2 Å². The first kappa shape index (κ1) is 20.5. The van der Waals surface area contributed by atoms with E-state index in [-0.39, 0.29) is 17.9 Å². The summed E-state index contributed by atoms with van der Waals surface area (Å²) in [6.07, 6.45) is 0. The van der Waals surface area contributed by atoms with Gasteiger partial charge in [-0.2, -0.15) is 5.26 Å². The van der Waals surface area contributed by atoms with Crippen LogP contribution in [0.5, 0.6) is 0 Å². The van der Waals surface area contributed by atoms with Gasteiger partial charge in [-0.3, -0.25) is 9.69 Å². The van der Waals surface area contributed by atoms with E-state index in [9.17, 15) is 10.1 Å². The summed E-state index contributed by atoms with van der Waals surface area (Å²) in [4.78, 5) is 22.6. The van der Waals surface area contributed by atoms with Crippen LogP contribution in [0.4, 0.5) is 0 Å². The predicted octanol–water partition coefficient (Wildman–Crippen LogP) is 4.04. The Bertz CT molecular complexity index is 904. The molecule has 5 nitrogen and oxygen atoms in total. The second kappa shape index (κ2) is 8.42. The number of rotatable bonds is 4. The quantitative estimate of drug-likeness (QED) is 0.782. The summed E-state index contributed by atoms with van der Waals surface area (Å²) in [5.41, 5.74) is 4.29. The lowest BCUT2D eigenvalue weighted by atomic mass is 10.0. The Kier molecular flexibility index (Phi) is 6.17. The Morgan fingerprint density at radius 3 is 2.43 bits per heavy atom. The molecule has 0 saturated carbocycles. The van der Waals surface area contributed by atoms with Gasteiger partial charge in [0.1, 0.15) is 15.9 Å². The van der Waals surface area contributed by atoms with Crippen molar-refractivity contribution in [2.45, 2.75) is 40.7 Å². The maximum Gasteiger partial charge on any atom is 0.265 e. The summed E-state index contributed by atoms with van der Waals surface area (Å²) in [6.45, 7) is 13.0. The number of nitriles is 1. The Morgan fingerprint density at radius 1 is 1.18 bits per heavy atom. The van der Waals surface area contributed by atoms with E-state index in [2.05, 4.69) is 61.8 Å². The standard InChI is InChI=1S/C22H28N4OS/c1-14(2)19(13-23)25-8-10-26(11-9-25)22(27)20-17(5)24-21(28-20)18-7-6-15(3)12-16(18)4/h6-7,12,14,19H,8-11H2,1-5H3. The molecule has 3 rings (SSSR count). The Hall–Kier alpha value is -2.23. The zero-order chi connectivity index (χ0) is 20.4. The van der Waals surface area contributed by atoms with E-state index in [1.807, 2.05) is 11.8 Å². The van der Waals surface area contributed by atoms with Crippen molar-refractivity contribution in [1.82, 2.24) is 14.8 Å². The summed E-state index contributed by atoms with van der Waals surface area (Å²) in [7, 11) is 0. The highest BCUT2D eigenvalue weighted by Crippen LogP contribution is 2.31. The molecule has 1 aromatic carbocycles. The van der Waals surface area contributed by atoms with Crippen molar-refractivity contribution in [2.24, 2.45) is 5.92 Å². The maximum absolute atomic E-state index is 13.1. The molecule has 0 aliphatic carbocycles. The van der Waals surface area contributed by atoms with Crippen molar-refractivity contribution in [3.8, 4) is 16.6 Å². The third-order valence-corrected chi connectivity index (χ3v) is 6.54. The molecule has 1 aliphatic heterocycles. The topological polar surface area (TPSA) is 60.2 Å². The van der Waals surface area contributed by atoms with Gasteiger partial charge in [-0.15, -0.1) is 11.3 Å². The molecule has 1 unspecified atom stereocenters. The van der Waals surface area contributed by atoms with Gasteiger partial charge in [0.25, 0.3) is 5.91 Å². The summed E-state index contributed by atoms with van der Waals surface area (Å²) in [5, 5.41) is 10.3. The Morgan fingerprint density at radius 2 is 1.86 bits per heavy atom. The highest BCUT2D eigenvalue weighted by Gasteiger charge is 2.29. The lowest BCUT2D eigenvalue weighted by molar-refractivity contribution is 0.0580. The van der Waals surface area contributed by atoms with Crippen LogP contribution in [0.2, 0.25) is 0 Å². The number of hydrogen-bond acceptors (Lipinski definition) is 5. The Labute approximate surface area is 171 Å². The van der Waals surface area contributed by atoms with Crippen molar-refractivity contribution in [1.29, 1.82) is 5.26 Å². The van der Waals surface area contributed by atoms with Gasteiger partial charge in [-0.1, -0.05) is 37.6 Å². The van der Waals surface area contributed by atoms with Gasteiger partial charge in [0.15, 0.2) is 0 Å². The smallest absolute Gasteiger partial charge is 0.265 e. The van der Waals surface area contributed by atoms with Crippen LogP contribution in [0.3, 0.4) is 0 Å². The summed E-state index contributed by atoms with van der Waals surface area (Å²) in [6, 6.07) is 8.63. The average Bonchev–Trinajstić information content (AvgIpc) is 3.03. The summed E-state index contributed by atoms with van der Waals surface area (Å²) < 4.78 is 0. The number of nitrogens with zero attached hydrogens (tertiary/aromatic N) is 4. The van der Waals surface area contributed by atoms with Gasteiger partial charge < -0.3 is 4.90 Å². The molecule has 1 aliphatic rings. The van der Waals surface area contributed by atoms with Crippen LogP contribution in [-0.2, 0) is 0 Å². The maximum atomic E-state index is 13.1. The molecule has 1 aromatic heterocycles. The minimum Gasteiger partial charge on any atom is -0.335 e. The fraction of sp³-hybridized carbons (Fsp3) is 0.500. The number of carbonyl (C=O) groups excluding carboxylic acids is 1. The molecule has 28 heavy (non-hydrogen) atoms. The molecule has 0 bridgehead atoms. The number of aromatic nitrogens is 1. The highest BCUT2D eigenvalue weighted by atomic mass is 32.1. The molecular formula is C22H28N4OS. The van der Waals surface area contributed by atoms with Gasteiger partial charge in [0, 0.05) is 31.7 Å². The summed E-state index contributed by atoms with van der Waals surface area (Å²) >= 11 is 1.48. The molecule has 1 amide bonds. The monoisotopic (exact) mass is 396 g/mol. The lowest BCUT2D eigenvalue weighted by Gasteiger charge is -2.38.